The molecule has 0 radical (unpaired) electrons. The molecule has 0 atom stereocenters. The summed E-state index contributed by atoms with van der Waals surface area (Å²) < 4.78 is 0. The Kier molecular flexibility index (Phi) is 7.09. The van der Waals surface area contributed by atoms with Gasteiger partial charge in [0.2, 0.25) is 0 Å². The van der Waals surface area contributed by atoms with Gasteiger partial charge in [-0.15, -0.1) is 0 Å². The molecule has 0 unspecified atom stereocenters. The van der Waals surface area contributed by atoms with Crippen LogP contribution in [-0.4, -0.2) is 4.98 Å². The second kappa shape index (κ2) is 7.54. The van der Waals surface area contributed by atoms with Gasteiger partial charge >= 0.3 is 0 Å². The van der Waals surface area contributed by atoms with Crippen LogP contribution in [0.1, 0.15) is 58.3 Å². The number of rotatable bonds is 3. The summed E-state index contributed by atoms with van der Waals surface area (Å²) >= 11 is 0. The monoisotopic (exact) mass is 193 g/mol. The molecule has 0 aliphatic heterocycles. The Balaban J connectivity index is 0.000000791. The molecule has 80 valence electrons. The fourth-order valence-electron chi connectivity index (χ4n) is 1.22. The Morgan fingerprint density at radius 1 is 1.21 bits per heavy atom. The first-order valence-electron chi connectivity index (χ1n) is 5.70. The number of pyridine rings is 1. The number of hydrogen-bond acceptors (Lipinski definition) is 1. The van der Waals surface area contributed by atoms with Crippen LogP contribution in [0.4, 0.5) is 0 Å². The van der Waals surface area contributed by atoms with Crippen LogP contribution in [0.15, 0.2) is 18.2 Å². The molecule has 1 aromatic rings. The van der Waals surface area contributed by atoms with E-state index in [1.165, 1.54) is 17.8 Å². The largest absolute Gasteiger partial charge is 0.258 e. The third-order valence-corrected chi connectivity index (χ3v) is 1.93. The highest BCUT2D eigenvalue weighted by Gasteiger charge is 2.00. The van der Waals surface area contributed by atoms with Crippen LogP contribution in [0.25, 0.3) is 0 Å². The molecule has 0 N–H and O–H groups in total. The predicted molar refractivity (Wildman–Crippen MR) is 63.7 cm³/mol. The molecule has 0 bridgehead atoms. The highest BCUT2D eigenvalue weighted by molar-refractivity contribution is 5.13. The molecule has 1 heterocycles. The van der Waals surface area contributed by atoms with Crippen molar-refractivity contribution in [3.05, 3.63) is 29.6 Å². The summed E-state index contributed by atoms with van der Waals surface area (Å²) in [5, 5.41) is 0. The van der Waals surface area contributed by atoms with Gasteiger partial charge in [0.05, 0.1) is 0 Å². The minimum atomic E-state index is 0.543. The van der Waals surface area contributed by atoms with E-state index in [-0.39, 0.29) is 0 Å². The smallest absolute Gasteiger partial charge is 0.0432 e. The molecule has 0 aliphatic rings. The number of nitrogens with zero attached hydrogens (tertiary/aromatic N) is 1. The Hall–Kier alpha value is -0.850. The van der Waals surface area contributed by atoms with Crippen molar-refractivity contribution in [2.45, 2.75) is 53.4 Å². The third kappa shape index (κ3) is 4.40. The van der Waals surface area contributed by atoms with Gasteiger partial charge in [-0.05, 0) is 24.5 Å². The fraction of sp³-hybridized carbons (Fsp3) is 0.615. The molecule has 1 aromatic heterocycles. The average Bonchev–Trinajstić information content (AvgIpc) is 2.22. The lowest BCUT2D eigenvalue weighted by molar-refractivity contribution is 0.791. The van der Waals surface area contributed by atoms with Crippen LogP contribution >= 0.6 is 0 Å². The molecular weight excluding hydrogens is 170 g/mol. The van der Waals surface area contributed by atoms with Gasteiger partial charge in [-0.25, -0.2) is 0 Å². The molecule has 0 saturated carbocycles. The van der Waals surface area contributed by atoms with Gasteiger partial charge in [0.1, 0.15) is 0 Å². The molecule has 1 rings (SSSR count). The van der Waals surface area contributed by atoms with Crippen molar-refractivity contribution in [1.82, 2.24) is 4.98 Å². The molecule has 0 aliphatic carbocycles. The molecule has 1 heteroatoms. The lowest BCUT2D eigenvalue weighted by atomic mass is 10.1. The zero-order chi connectivity index (χ0) is 11.0. The highest BCUT2D eigenvalue weighted by Crippen LogP contribution is 2.11. The van der Waals surface area contributed by atoms with Crippen LogP contribution in [0.2, 0.25) is 0 Å². The SMILES string of the molecule is CC.CCCc1cccc(C(C)C)n1. The van der Waals surface area contributed by atoms with Gasteiger partial charge in [0, 0.05) is 11.4 Å². The van der Waals surface area contributed by atoms with Crippen molar-refractivity contribution >= 4 is 0 Å². The number of hydrogen-bond donors (Lipinski definition) is 0. The zero-order valence-corrected chi connectivity index (χ0v) is 10.2. The Bertz CT molecular complexity index is 241. The summed E-state index contributed by atoms with van der Waals surface area (Å²) in [4.78, 5) is 4.56. The molecule has 0 amide bonds. The summed E-state index contributed by atoms with van der Waals surface area (Å²) in [7, 11) is 0. The number of aromatic nitrogens is 1. The Morgan fingerprint density at radius 3 is 2.36 bits per heavy atom. The molecule has 0 aromatic carbocycles. The van der Waals surface area contributed by atoms with Crippen molar-refractivity contribution in [3.8, 4) is 0 Å². The van der Waals surface area contributed by atoms with Gasteiger partial charge in [0.15, 0.2) is 0 Å². The van der Waals surface area contributed by atoms with Crippen LogP contribution in [-0.2, 0) is 6.42 Å². The van der Waals surface area contributed by atoms with E-state index in [1.54, 1.807) is 0 Å². The minimum Gasteiger partial charge on any atom is -0.258 e. The lowest BCUT2D eigenvalue weighted by Gasteiger charge is -2.05. The van der Waals surface area contributed by atoms with Gasteiger partial charge in [0.25, 0.3) is 0 Å². The van der Waals surface area contributed by atoms with Crippen LogP contribution < -0.4 is 0 Å². The van der Waals surface area contributed by atoms with Gasteiger partial charge in [-0.2, -0.15) is 0 Å². The van der Waals surface area contributed by atoms with Crippen LogP contribution in [0, 0.1) is 0 Å². The third-order valence-electron chi connectivity index (χ3n) is 1.93. The normalized spacial score (nSPS) is 9.57. The summed E-state index contributed by atoms with van der Waals surface area (Å²) in [6, 6.07) is 6.31. The lowest BCUT2D eigenvalue weighted by Crippen LogP contribution is -1.96. The molecular formula is C13H23N. The maximum absolute atomic E-state index is 4.56. The van der Waals surface area contributed by atoms with Gasteiger partial charge < -0.3 is 0 Å². The van der Waals surface area contributed by atoms with E-state index in [0.29, 0.717) is 5.92 Å². The Labute approximate surface area is 88.6 Å². The standard InChI is InChI=1S/C11H17N.C2H6/c1-4-6-10-7-5-8-11(12-10)9(2)3;1-2/h5,7-9H,4,6H2,1-3H3;1-2H3. The maximum atomic E-state index is 4.56. The fourth-order valence-corrected chi connectivity index (χ4v) is 1.22. The number of aryl methyl sites for hydroxylation is 1. The average molecular weight is 193 g/mol. The predicted octanol–water partition coefficient (Wildman–Crippen LogP) is 4.18. The van der Waals surface area contributed by atoms with Gasteiger partial charge in [-0.1, -0.05) is 47.1 Å². The molecule has 0 fully saturated rings. The van der Waals surface area contributed by atoms with E-state index in [9.17, 15) is 0 Å². The first-order valence-corrected chi connectivity index (χ1v) is 5.70. The second-order valence-electron chi connectivity index (χ2n) is 3.46. The summed E-state index contributed by atoms with van der Waals surface area (Å²) in [5.74, 6) is 0.543. The van der Waals surface area contributed by atoms with E-state index in [2.05, 4.69) is 44.0 Å². The zero-order valence-electron chi connectivity index (χ0n) is 10.2. The molecule has 14 heavy (non-hydrogen) atoms. The maximum Gasteiger partial charge on any atom is 0.0432 e. The van der Waals surface area contributed by atoms with E-state index >= 15 is 0 Å². The van der Waals surface area contributed by atoms with E-state index in [1.807, 2.05) is 13.8 Å². The summed E-state index contributed by atoms with van der Waals surface area (Å²) in [6.45, 7) is 10.5. The second-order valence-corrected chi connectivity index (χ2v) is 3.46. The molecule has 1 nitrogen and oxygen atoms in total. The van der Waals surface area contributed by atoms with Crippen molar-refractivity contribution in [2.24, 2.45) is 0 Å². The minimum absolute atomic E-state index is 0.543. The first-order chi connectivity index (χ1) is 6.74. The quantitative estimate of drug-likeness (QED) is 0.701. The first kappa shape index (κ1) is 13.2. The highest BCUT2D eigenvalue weighted by atomic mass is 14.7. The van der Waals surface area contributed by atoms with Crippen molar-refractivity contribution in [1.29, 1.82) is 0 Å². The molecule has 0 saturated heterocycles. The Morgan fingerprint density at radius 2 is 1.86 bits per heavy atom. The van der Waals surface area contributed by atoms with Crippen LogP contribution in [0.5, 0.6) is 0 Å². The van der Waals surface area contributed by atoms with Crippen molar-refractivity contribution < 1.29 is 0 Å². The summed E-state index contributed by atoms with van der Waals surface area (Å²) in [5.41, 5.74) is 2.43. The molecule has 0 spiro atoms. The van der Waals surface area contributed by atoms with E-state index < -0.39 is 0 Å². The summed E-state index contributed by atoms with van der Waals surface area (Å²) in [6.07, 6.45) is 2.27. The van der Waals surface area contributed by atoms with Gasteiger partial charge in [-0.3, -0.25) is 4.98 Å². The van der Waals surface area contributed by atoms with Crippen molar-refractivity contribution in [2.75, 3.05) is 0 Å². The van der Waals surface area contributed by atoms with E-state index in [0.717, 1.165) is 6.42 Å². The van der Waals surface area contributed by atoms with Crippen LogP contribution in [0.3, 0.4) is 0 Å². The van der Waals surface area contributed by atoms with Crippen molar-refractivity contribution in [3.63, 3.8) is 0 Å². The van der Waals surface area contributed by atoms with E-state index in [4.69, 9.17) is 0 Å². The topological polar surface area (TPSA) is 12.9 Å².